The van der Waals surface area contributed by atoms with Gasteiger partial charge < -0.3 is 9.52 Å². The van der Waals surface area contributed by atoms with Crippen LogP contribution in [-0.2, 0) is 6.54 Å². The van der Waals surface area contributed by atoms with Crippen molar-refractivity contribution in [3.63, 3.8) is 0 Å². The van der Waals surface area contributed by atoms with Crippen molar-refractivity contribution in [2.24, 2.45) is 5.92 Å². The van der Waals surface area contributed by atoms with Crippen LogP contribution in [0.2, 0.25) is 0 Å². The first kappa shape index (κ1) is 13.1. The molecule has 0 aliphatic heterocycles. The van der Waals surface area contributed by atoms with Crippen molar-refractivity contribution in [2.75, 3.05) is 6.54 Å². The Balaban J connectivity index is 1.92. The molecule has 1 aromatic heterocycles. The van der Waals surface area contributed by atoms with Gasteiger partial charge in [0.2, 0.25) is 5.76 Å². The molecule has 0 aromatic carbocycles. The molecule has 0 saturated heterocycles. The molecule has 1 aliphatic rings. The normalized spacial score (nSPS) is 15.6. The van der Waals surface area contributed by atoms with Gasteiger partial charge in [0.1, 0.15) is 5.76 Å². The maximum absolute atomic E-state index is 10.8. The standard InChI is InChI=1S/C14H21NO3/c1-10(2)7-8-15(11-3-4-11)9-12-5-6-13(18-12)14(16)17/h5-6,10-11H,3-4,7-9H2,1-2H3,(H,16,17). The van der Waals surface area contributed by atoms with E-state index in [9.17, 15) is 4.79 Å². The predicted molar refractivity (Wildman–Crippen MR) is 68.6 cm³/mol. The second kappa shape index (κ2) is 5.57. The third-order valence-corrected chi connectivity index (χ3v) is 3.29. The zero-order valence-corrected chi connectivity index (χ0v) is 11.1. The van der Waals surface area contributed by atoms with E-state index in [4.69, 9.17) is 9.52 Å². The first-order valence-electron chi connectivity index (χ1n) is 6.62. The third-order valence-electron chi connectivity index (χ3n) is 3.29. The first-order valence-corrected chi connectivity index (χ1v) is 6.62. The monoisotopic (exact) mass is 251 g/mol. The lowest BCUT2D eigenvalue weighted by molar-refractivity contribution is 0.0658. The third kappa shape index (κ3) is 3.60. The fourth-order valence-electron chi connectivity index (χ4n) is 2.03. The summed E-state index contributed by atoms with van der Waals surface area (Å²) in [7, 11) is 0. The Bertz CT molecular complexity index is 407. The Kier molecular flexibility index (Phi) is 4.07. The molecule has 1 heterocycles. The molecule has 1 saturated carbocycles. The van der Waals surface area contributed by atoms with Gasteiger partial charge >= 0.3 is 5.97 Å². The molecule has 1 aromatic rings. The molecule has 1 N–H and O–H groups in total. The summed E-state index contributed by atoms with van der Waals surface area (Å²) in [5.74, 6) is 0.478. The van der Waals surface area contributed by atoms with Crippen molar-refractivity contribution >= 4 is 5.97 Å². The number of hydrogen-bond donors (Lipinski definition) is 1. The quantitative estimate of drug-likeness (QED) is 0.809. The van der Waals surface area contributed by atoms with Crippen molar-refractivity contribution in [2.45, 2.75) is 45.7 Å². The maximum atomic E-state index is 10.8. The number of carbonyl (C=O) groups is 1. The topological polar surface area (TPSA) is 53.7 Å². The highest BCUT2D eigenvalue weighted by Gasteiger charge is 2.29. The Morgan fingerprint density at radius 3 is 2.72 bits per heavy atom. The highest BCUT2D eigenvalue weighted by Crippen LogP contribution is 2.29. The van der Waals surface area contributed by atoms with Gasteiger partial charge in [-0.1, -0.05) is 13.8 Å². The Hall–Kier alpha value is -1.29. The van der Waals surface area contributed by atoms with Gasteiger partial charge in [0.25, 0.3) is 0 Å². The van der Waals surface area contributed by atoms with Gasteiger partial charge in [0, 0.05) is 6.04 Å². The lowest BCUT2D eigenvalue weighted by Gasteiger charge is -2.21. The molecule has 0 amide bonds. The number of rotatable bonds is 7. The number of nitrogens with zero attached hydrogens (tertiary/aromatic N) is 1. The fraction of sp³-hybridized carbons (Fsp3) is 0.643. The van der Waals surface area contributed by atoms with E-state index >= 15 is 0 Å². The van der Waals surface area contributed by atoms with E-state index in [2.05, 4.69) is 18.7 Å². The molecule has 0 radical (unpaired) electrons. The van der Waals surface area contributed by atoms with E-state index in [1.54, 1.807) is 6.07 Å². The van der Waals surface area contributed by atoms with Crippen molar-refractivity contribution in [1.29, 1.82) is 0 Å². The predicted octanol–water partition coefficient (Wildman–Crippen LogP) is 2.99. The van der Waals surface area contributed by atoms with Gasteiger partial charge in [-0.3, -0.25) is 4.90 Å². The highest BCUT2D eigenvalue weighted by atomic mass is 16.4. The van der Waals surface area contributed by atoms with Crippen molar-refractivity contribution in [1.82, 2.24) is 4.90 Å². The molecule has 2 rings (SSSR count). The minimum Gasteiger partial charge on any atom is -0.475 e. The summed E-state index contributed by atoms with van der Waals surface area (Å²) < 4.78 is 5.32. The molecule has 1 aliphatic carbocycles. The molecule has 0 spiro atoms. The van der Waals surface area contributed by atoms with Crippen LogP contribution < -0.4 is 0 Å². The number of furan rings is 1. The number of carboxylic acid groups (broad SMARTS) is 1. The number of aromatic carboxylic acids is 1. The van der Waals surface area contributed by atoms with Crippen molar-refractivity contribution in [3.8, 4) is 0 Å². The maximum Gasteiger partial charge on any atom is 0.371 e. The summed E-state index contributed by atoms with van der Waals surface area (Å²) in [6.45, 7) is 6.23. The summed E-state index contributed by atoms with van der Waals surface area (Å²) in [4.78, 5) is 13.2. The van der Waals surface area contributed by atoms with Crippen LogP contribution in [0, 0.1) is 5.92 Å². The van der Waals surface area contributed by atoms with Crippen molar-refractivity contribution < 1.29 is 14.3 Å². The van der Waals surface area contributed by atoms with Gasteiger partial charge in [-0.2, -0.15) is 0 Å². The van der Waals surface area contributed by atoms with Crippen LogP contribution >= 0.6 is 0 Å². The van der Waals surface area contributed by atoms with E-state index in [1.807, 2.05) is 0 Å². The second-order valence-corrected chi connectivity index (χ2v) is 5.46. The minimum atomic E-state index is -0.999. The summed E-state index contributed by atoms with van der Waals surface area (Å²) in [6.07, 6.45) is 3.68. The van der Waals surface area contributed by atoms with E-state index in [-0.39, 0.29) is 5.76 Å². The Labute approximate surface area is 108 Å². The lowest BCUT2D eigenvalue weighted by atomic mass is 10.1. The summed E-state index contributed by atoms with van der Waals surface area (Å²) in [6, 6.07) is 3.97. The van der Waals surface area contributed by atoms with E-state index in [1.165, 1.54) is 25.3 Å². The molecule has 1 fully saturated rings. The highest BCUT2D eigenvalue weighted by molar-refractivity contribution is 5.84. The zero-order valence-electron chi connectivity index (χ0n) is 11.1. The lowest BCUT2D eigenvalue weighted by Crippen LogP contribution is -2.27. The summed E-state index contributed by atoms with van der Waals surface area (Å²) in [5, 5.41) is 8.82. The zero-order chi connectivity index (χ0) is 13.1. The van der Waals surface area contributed by atoms with Crippen LogP contribution in [0.5, 0.6) is 0 Å². The van der Waals surface area contributed by atoms with E-state index in [0.717, 1.165) is 18.8 Å². The number of carboxylic acids is 1. The fourth-order valence-corrected chi connectivity index (χ4v) is 2.03. The average Bonchev–Trinajstić information content (AvgIpc) is 3.03. The SMILES string of the molecule is CC(C)CCN(Cc1ccc(C(=O)O)o1)C1CC1. The molecule has 4 nitrogen and oxygen atoms in total. The Morgan fingerprint density at radius 2 is 2.22 bits per heavy atom. The second-order valence-electron chi connectivity index (χ2n) is 5.46. The van der Waals surface area contributed by atoms with Crippen molar-refractivity contribution in [3.05, 3.63) is 23.7 Å². The van der Waals surface area contributed by atoms with Crippen LogP contribution in [-0.4, -0.2) is 28.6 Å². The minimum absolute atomic E-state index is 0.0320. The molecule has 18 heavy (non-hydrogen) atoms. The van der Waals surface area contributed by atoms with Crippen LogP contribution in [0.4, 0.5) is 0 Å². The molecular formula is C14H21NO3. The van der Waals surface area contributed by atoms with Crippen LogP contribution in [0.15, 0.2) is 16.5 Å². The summed E-state index contributed by atoms with van der Waals surface area (Å²) in [5.41, 5.74) is 0. The average molecular weight is 251 g/mol. The summed E-state index contributed by atoms with van der Waals surface area (Å²) >= 11 is 0. The van der Waals surface area contributed by atoms with Gasteiger partial charge in [-0.25, -0.2) is 4.79 Å². The van der Waals surface area contributed by atoms with Gasteiger partial charge in [0.05, 0.1) is 6.54 Å². The molecule has 0 unspecified atom stereocenters. The Morgan fingerprint density at radius 1 is 1.50 bits per heavy atom. The molecule has 4 heteroatoms. The first-order chi connectivity index (χ1) is 8.56. The van der Waals surface area contributed by atoms with Crippen LogP contribution in [0.3, 0.4) is 0 Å². The van der Waals surface area contributed by atoms with Crippen LogP contribution in [0.1, 0.15) is 49.4 Å². The largest absolute Gasteiger partial charge is 0.475 e. The van der Waals surface area contributed by atoms with Gasteiger partial charge in [0.15, 0.2) is 0 Å². The van der Waals surface area contributed by atoms with E-state index < -0.39 is 5.97 Å². The van der Waals surface area contributed by atoms with Gasteiger partial charge in [-0.15, -0.1) is 0 Å². The van der Waals surface area contributed by atoms with Gasteiger partial charge in [-0.05, 0) is 43.9 Å². The molecular weight excluding hydrogens is 230 g/mol. The molecule has 100 valence electrons. The van der Waals surface area contributed by atoms with E-state index in [0.29, 0.717) is 12.0 Å². The van der Waals surface area contributed by atoms with Crippen LogP contribution in [0.25, 0.3) is 0 Å². The molecule has 0 atom stereocenters. The smallest absolute Gasteiger partial charge is 0.371 e. The molecule has 0 bridgehead atoms. The number of hydrogen-bond acceptors (Lipinski definition) is 3.